The van der Waals surface area contributed by atoms with Crippen molar-refractivity contribution in [3.8, 4) is 11.5 Å². The molecule has 0 saturated heterocycles. The Morgan fingerprint density at radius 3 is 2.27 bits per heavy atom. The van der Waals surface area contributed by atoms with E-state index in [0.717, 1.165) is 0 Å². The monoisotopic (exact) mass is 482 g/mol. The summed E-state index contributed by atoms with van der Waals surface area (Å²) in [6, 6.07) is 2.70. The molecule has 0 unspecified atom stereocenters. The molecule has 2 aromatic rings. The number of allylic oxidation sites excluding steroid dienone is 1. The predicted octanol–water partition coefficient (Wildman–Crippen LogP) is 5.86. The highest BCUT2D eigenvalue weighted by atomic mass is 19.4. The largest absolute Gasteiger partial charge is 0.493 e. The summed E-state index contributed by atoms with van der Waals surface area (Å²) in [7, 11) is 1.25. The Kier molecular flexibility index (Phi) is 7.93. The first-order chi connectivity index (χ1) is 15.3. The Hall–Kier alpha value is -3.31. The highest BCUT2D eigenvalue weighted by molar-refractivity contribution is 5.81. The summed E-state index contributed by atoms with van der Waals surface area (Å²) < 4.78 is 114. The zero-order chi connectivity index (χ0) is 24.9. The lowest BCUT2D eigenvalue weighted by Crippen LogP contribution is -2.58. The molecule has 0 heterocycles. The van der Waals surface area contributed by atoms with Gasteiger partial charge in [0.05, 0.1) is 13.3 Å². The molecule has 33 heavy (non-hydrogen) atoms. The zero-order valence-electron chi connectivity index (χ0n) is 17.0. The molecule has 0 aliphatic carbocycles. The molecule has 180 valence electrons. The lowest BCUT2D eigenvalue weighted by molar-refractivity contribution is -0.361. The van der Waals surface area contributed by atoms with Crippen molar-refractivity contribution in [1.29, 1.82) is 0 Å². The third-order valence-electron chi connectivity index (χ3n) is 4.24. The average molecular weight is 482 g/mol. The molecule has 1 N–H and O–H groups in total. The van der Waals surface area contributed by atoms with Crippen molar-refractivity contribution in [2.75, 3.05) is 7.11 Å². The van der Waals surface area contributed by atoms with E-state index in [1.54, 1.807) is 6.07 Å². The van der Waals surface area contributed by atoms with Gasteiger partial charge in [-0.15, -0.1) is 6.58 Å². The van der Waals surface area contributed by atoms with Gasteiger partial charge in [0.1, 0.15) is 12.4 Å². The van der Waals surface area contributed by atoms with Crippen LogP contribution in [0.25, 0.3) is 0 Å². The van der Waals surface area contributed by atoms with E-state index in [1.807, 2.05) is 0 Å². The molecule has 0 bridgehead atoms. The van der Waals surface area contributed by atoms with Gasteiger partial charge in [0.2, 0.25) is 0 Å². The summed E-state index contributed by atoms with van der Waals surface area (Å²) in [4.78, 5) is 0. The number of ether oxygens (including phenoxy) is 2. The number of hydrogen-bond donors (Lipinski definition) is 1. The van der Waals surface area contributed by atoms with Gasteiger partial charge < -0.3 is 9.47 Å². The number of methoxy groups -OCH3 is 1. The molecule has 0 saturated carbocycles. The highest BCUT2D eigenvalue weighted by Crippen LogP contribution is 2.45. The van der Waals surface area contributed by atoms with E-state index < -0.39 is 24.0 Å². The molecule has 0 aliphatic heterocycles. The number of alkyl halides is 7. The van der Waals surface area contributed by atoms with Crippen LogP contribution in [0.5, 0.6) is 11.5 Å². The van der Waals surface area contributed by atoms with Gasteiger partial charge in [-0.3, -0.25) is 0 Å². The molecule has 0 radical (unpaired) electrons. The molecule has 4 nitrogen and oxygen atoms in total. The quantitative estimate of drug-likeness (QED) is 0.152. The molecule has 2 aromatic carbocycles. The third kappa shape index (κ3) is 5.93. The molecule has 0 fully saturated rings. The summed E-state index contributed by atoms with van der Waals surface area (Å²) in [6.45, 7) is 3.39. The number of hydrazone groups is 1. The Bertz CT molecular complexity index is 1010. The summed E-state index contributed by atoms with van der Waals surface area (Å²) in [6.07, 6.45) is -4.25. The van der Waals surface area contributed by atoms with Crippen molar-refractivity contribution >= 4 is 6.21 Å². The second-order valence-electron chi connectivity index (χ2n) is 6.60. The van der Waals surface area contributed by atoms with Crippen LogP contribution >= 0.6 is 0 Å². The Morgan fingerprint density at radius 1 is 1.03 bits per heavy atom. The Labute approximate surface area is 183 Å². The van der Waals surface area contributed by atoms with Crippen molar-refractivity contribution < 1.29 is 44.6 Å². The van der Waals surface area contributed by atoms with Gasteiger partial charge in [0.15, 0.2) is 11.5 Å². The van der Waals surface area contributed by atoms with Crippen molar-refractivity contribution in [2.24, 2.45) is 5.10 Å². The lowest BCUT2D eigenvalue weighted by atomic mass is 10.1. The van der Waals surface area contributed by atoms with Crippen LogP contribution in [0.2, 0.25) is 0 Å². The molecule has 0 amide bonds. The normalized spacial score (nSPS) is 12.6. The smallest absolute Gasteiger partial charge is 0.462 e. The van der Waals surface area contributed by atoms with Gasteiger partial charge in [-0.2, -0.15) is 35.8 Å². The van der Waals surface area contributed by atoms with Crippen LogP contribution in [0.3, 0.4) is 0 Å². The Balaban J connectivity index is 2.29. The van der Waals surface area contributed by atoms with E-state index in [1.165, 1.54) is 43.5 Å². The maximum Gasteiger partial charge on any atom is 0.462 e. The van der Waals surface area contributed by atoms with Crippen LogP contribution < -0.4 is 14.9 Å². The maximum absolute atomic E-state index is 13.8. The minimum atomic E-state index is -6.49. The van der Waals surface area contributed by atoms with E-state index in [2.05, 4.69) is 11.7 Å². The number of benzene rings is 2. The zero-order valence-corrected chi connectivity index (χ0v) is 17.0. The van der Waals surface area contributed by atoms with Crippen LogP contribution in [0.15, 0.2) is 54.2 Å². The number of nitrogens with zero attached hydrogens (tertiary/aromatic N) is 1. The van der Waals surface area contributed by atoms with E-state index in [9.17, 15) is 35.1 Å². The molecule has 2 rings (SSSR count). The molecule has 0 spiro atoms. The molecule has 12 heteroatoms. The van der Waals surface area contributed by atoms with E-state index in [4.69, 9.17) is 9.47 Å². The van der Waals surface area contributed by atoms with Crippen LogP contribution in [0.1, 0.15) is 16.7 Å². The SMILES string of the molecule is C=CCc1cc(/C=N/NC(F)(F)C(F)(F)C(F)(F)F)cc(OC)c1OCc1ccccc1F. The minimum absolute atomic E-state index is 0.0144. The molecular formula is C21H18F8N2O2. The first kappa shape index (κ1) is 25.9. The summed E-state index contributed by atoms with van der Waals surface area (Å²) in [5.41, 5.74) is 1.18. The van der Waals surface area contributed by atoms with Crippen molar-refractivity contribution in [3.05, 3.63) is 71.6 Å². The van der Waals surface area contributed by atoms with Gasteiger partial charge in [-0.25, -0.2) is 9.82 Å². The van der Waals surface area contributed by atoms with Crippen LogP contribution in [-0.2, 0) is 13.0 Å². The van der Waals surface area contributed by atoms with Crippen molar-refractivity contribution in [1.82, 2.24) is 5.43 Å². The second-order valence-corrected chi connectivity index (χ2v) is 6.60. The third-order valence-corrected chi connectivity index (χ3v) is 4.24. The van der Waals surface area contributed by atoms with Crippen molar-refractivity contribution in [3.63, 3.8) is 0 Å². The van der Waals surface area contributed by atoms with Crippen LogP contribution in [0.4, 0.5) is 35.1 Å². The maximum atomic E-state index is 13.8. The van der Waals surface area contributed by atoms with Gasteiger partial charge in [0.25, 0.3) is 0 Å². The van der Waals surface area contributed by atoms with Gasteiger partial charge in [-0.05, 0) is 30.2 Å². The standard InChI is InChI=1S/C21H18F8N2O2/c1-3-6-14-9-13(11-30-31-21(28,29)19(23,24)20(25,26)27)10-17(32-2)18(14)33-12-15-7-4-5-8-16(15)22/h3-5,7-11,31H,1,6,12H2,2H3/b30-11+. The number of rotatable bonds is 10. The van der Waals surface area contributed by atoms with Crippen molar-refractivity contribution in [2.45, 2.75) is 31.2 Å². The predicted molar refractivity (Wildman–Crippen MR) is 104 cm³/mol. The fourth-order valence-electron chi connectivity index (χ4n) is 2.58. The highest BCUT2D eigenvalue weighted by Gasteiger charge is 2.73. The lowest BCUT2D eigenvalue weighted by Gasteiger charge is -2.27. The molecular weight excluding hydrogens is 464 g/mol. The Morgan fingerprint density at radius 2 is 1.70 bits per heavy atom. The number of nitrogens with one attached hydrogen (secondary N) is 1. The fourth-order valence-corrected chi connectivity index (χ4v) is 2.58. The van der Waals surface area contributed by atoms with Gasteiger partial charge >= 0.3 is 18.1 Å². The van der Waals surface area contributed by atoms with Gasteiger partial charge in [-0.1, -0.05) is 24.3 Å². The van der Waals surface area contributed by atoms with E-state index in [0.29, 0.717) is 17.2 Å². The van der Waals surface area contributed by atoms with Gasteiger partial charge in [0, 0.05) is 11.1 Å². The fraction of sp³-hybridized carbons (Fsp3) is 0.286. The van der Waals surface area contributed by atoms with E-state index >= 15 is 0 Å². The number of halogens is 8. The topological polar surface area (TPSA) is 42.9 Å². The summed E-state index contributed by atoms with van der Waals surface area (Å²) in [5.74, 6) is -6.64. The second kappa shape index (κ2) is 10.1. The summed E-state index contributed by atoms with van der Waals surface area (Å²) in [5, 5.41) is 2.83. The molecule has 0 aromatic heterocycles. The summed E-state index contributed by atoms with van der Waals surface area (Å²) >= 11 is 0. The number of hydrogen-bond acceptors (Lipinski definition) is 4. The van der Waals surface area contributed by atoms with Crippen LogP contribution in [-0.4, -0.2) is 31.5 Å². The minimum Gasteiger partial charge on any atom is -0.493 e. The first-order valence-electron chi connectivity index (χ1n) is 9.14. The first-order valence-corrected chi connectivity index (χ1v) is 9.14. The molecule has 0 aliphatic rings. The van der Waals surface area contributed by atoms with Crippen LogP contribution in [0, 0.1) is 5.82 Å². The molecule has 0 atom stereocenters. The van der Waals surface area contributed by atoms with E-state index in [-0.39, 0.29) is 35.7 Å². The average Bonchev–Trinajstić information content (AvgIpc) is 2.73.